The van der Waals surface area contributed by atoms with E-state index in [1.54, 1.807) is 13.8 Å². The van der Waals surface area contributed by atoms with E-state index in [1.165, 1.54) is 0 Å². The lowest BCUT2D eigenvalue weighted by molar-refractivity contribution is -0.125. The van der Waals surface area contributed by atoms with Crippen LogP contribution in [0.2, 0.25) is 0 Å². The molecule has 2 amide bonds. The molecule has 0 fully saturated rings. The summed E-state index contributed by atoms with van der Waals surface area (Å²) < 4.78 is 0. The number of carbonyl (C=O) groups is 2. The van der Waals surface area contributed by atoms with Crippen LogP contribution >= 0.6 is 0 Å². The summed E-state index contributed by atoms with van der Waals surface area (Å²) in [5.41, 5.74) is 0. The smallest absolute Gasteiger partial charge is 0.237 e. The van der Waals surface area contributed by atoms with E-state index in [9.17, 15) is 9.59 Å². The molecule has 0 aliphatic carbocycles. The predicted octanol–water partition coefficient (Wildman–Crippen LogP) is 1.18. The maximum absolute atomic E-state index is 11.9. The Hall–Kier alpha value is -1.10. The second-order valence-electron chi connectivity index (χ2n) is 4.92. The average Bonchev–Trinajstić information content (AvgIpc) is 2.41. The van der Waals surface area contributed by atoms with Crippen LogP contribution in [0.3, 0.4) is 0 Å². The molecule has 0 aromatic carbocycles. The fourth-order valence-corrected chi connectivity index (χ4v) is 1.75. The van der Waals surface area contributed by atoms with E-state index in [0.717, 1.165) is 19.3 Å². The second-order valence-corrected chi connectivity index (χ2v) is 4.92. The average molecular weight is 271 g/mol. The van der Waals surface area contributed by atoms with Gasteiger partial charge in [-0.25, -0.2) is 0 Å². The largest absolute Gasteiger partial charge is 0.355 e. The summed E-state index contributed by atoms with van der Waals surface area (Å²) in [6, 6.07) is -0.530. The number of nitrogens with one attached hydrogen (secondary N) is 3. The maximum Gasteiger partial charge on any atom is 0.237 e. The summed E-state index contributed by atoms with van der Waals surface area (Å²) >= 11 is 0. The van der Waals surface area contributed by atoms with E-state index < -0.39 is 0 Å². The first-order chi connectivity index (χ1) is 8.96. The number of rotatable bonds is 9. The first kappa shape index (κ1) is 17.9. The van der Waals surface area contributed by atoms with Crippen molar-refractivity contribution in [3.05, 3.63) is 0 Å². The van der Waals surface area contributed by atoms with Crippen molar-refractivity contribution in [2.24, 2.45) is 0 Å². The predicted molar refractivity (Wildman–Crippen MR) is 77.9 cm³/mol. The van der Waals surface area contributed by atoms with Crippen molar-refractivity contribution in [2.45, 2.75) is 72.0 Å². The Morgan fingerprint density at radius 3 is 1.95 bits per heavy atom. The summed E-state index contributed by atoms with van der Waals surface area (Å²) in [5.74, 6) is -0.118. The number of hydrogen-bond donors (Lipinski definition) is 3. The molecule has 0 bridgehead atoms. The van der Waals surface area contributed by atoms with Crippen molar-refractivity contribution in [3.8, 4) is 0 Å². The van der Waals surface area contributed by atoms with E-state index in [2.05, 4.69) is 16.0 Å². The Labute approximate surface area is 116 Å². The zero-order chi connectivity index (χ0) is 14.8. The molecule has 0 aromatic rings. The first-order valence-corrected chi connectivity index (χ1v) is 7.30. The van der Waals surface area contributed by atoms with Crippen LogP contribution in [0.5, 0.6) is 0 Å². The van der Waals surface area contributed by atoms with E-state index in [1.807, 2.05) is 20.8 Å². The molecule has 2 unspecified atom stereocenters. The quantitative estimate of drug-likeness (QED) is 0.590. The molecule has 0 aliphatic rings. The molecule has 0 saturated heterocycles. The van der Waals surface area contributed by atoms with Crippen LogP contribution < -0.4 is 16.0 Å². The first-order valence-electron chi connectivity index (χ1n) is 7.30. The van der Waals surface area contributed by atoms with Gasteiger partial charge in [0.15, 0.2) is 0 Å². The Morgan fingerprint density at radius 2 is 1.47 bits per heavy atom. The van der Waals surface area contributed by atoms with Crippen LogP contribution in [-0.2, 0) is 9.59 Å². The standard InChI is InChI=1S/C14H29N3O2/c1-6-9-15-13(18)10(4)16-11(5)14(19)17-12(7-2)8-3/h10-12,16H,6-9H2,1-5H3,(H,15,18)(H,17,19). The van der Waals surface area contributed by atoms with Gasteiger partial charge in [-0.2, -0.15) is 0 Å². The minimum absolute atomic E-state index is 0.0520. The minimum Gasteiger partial charge on any atom is -0.355 e. The molecule has 112 valence electrons. The fourth-order valence-electron chi connectivity index (χ4n) is 1.75. The van der Waals surface area contributed by atoms with Crippen molar-refractivity contribution in [3.63, 3.8) is 0 Å². The second kappa shape index (κ2) is 9.78. The minimum atomic E-state index is -0.372. The van der Waals surface area contributed by atoms with Gasteiger partial charge < -0.3 is 10.6 Å². The van der Waals surface area contributed by atoms with E-state index in [-0.39, 0.29) is 29.9 Å². The van der Waals surface area contributed by atoms with Crippen LogP contribution in [0, 0.1) is 0 Å². The lowest BCUT2D eigenvalue weighted by Gasteiger charge is -2.22. The van der Waals surface area contributed by atoms with Gasteiger partial charge in [-0.05, 0) is 33.1 Å². The molecular formula is C14H29N3O2. The van der Waals surface area contributed by atoms with Crippen LogP contribution in [0.25, 0.3) is 0 Å². The third-order valence-corrected chi connectivity index (χ3v) is 3.17. The van der Waals surface area contributed by atoms with Gasteiger partial charge in [-0.15, -0.1) is 0 Å². The molecule has 5 nitrogen and oxygen atoms in total. The molecule has 2 atom stereocenters. The SMILES string of the molecule is CCCNC(=O)C(C)NC(C)C(=O)NC(CC)CC. The van der Waals surface area contributed by atoms with Gasteiger partial charge >= 0.3 is 0 Å². The summed E-state index contributed by atoms with van der Waals surface area (Å²) in [5, 5.41) is 8.79. The molecule has 0 radical (unpaired) electrons. The van der Waals surface area contributed by atoms with Gasteiger partial charge in [0.05, 0.1) is 12.1 Å². The summed E-state index contributed by atoms with van der Waals surface area (Å²) in [6.45, 7) is 10.3. The van der Waals surface area contributed by atoms with Crippen LogP contribution in [0.1, 0.15) is 53.9 Å². The third-order valence-electron chi connectivity index (χ3n) is 3.17. The third kappa shape index (κ3) is 7.15. The molecule has 0 heterocycles. The maximum atomic E-state index is 11.9. The van der Waals surface area contributed by atoms with Crippen molar-refractivity contribution >= 4 is 11.8 Å². The highest BCUT2D eigenvalue weighted by molar-refractivity contribution is 5.84. The molecule has 0 spiro atoms. The van der Waals surface area contributed by atoms with Crippen molar-refractivity contribution in [1.82, 2.24) is 16.0 Å². The highest BCUT2D eigenvalue weighted by Gasteiger charge is 2.20. The summed E-state index contributed by atoms with van der Waals surface area (Å²) in [7, 11) is 0. The topological polar surface area (TPSA) is 70.2 Å². The molecule has 19 heavy (non-hydrogen) atoms. The molecule has 0 aliphatic heterocycles. The van der Waals surface area contributed by atoms with Crippen molar-refractivity contribution in [2.75, 3.05) is 6.54 Å². The monoisotopic (exact) mass is 271 g/mol. The van der Waals surface area contributed by atoms with Gasteiger partial charge in [0.1, 0.15) is 0 Å². The summed E-state index contributed by atoms with van der Waals surface area (Å²) in [6.07, 6.45) is 2.74. The van der Waals surface area contributed by atoms with Crippen molar-refractivity contribution in [1.29, 1.82) is 0 Å². The zero-order valence-corrected chi connectivity index (χ0v) is 12.9. The van der Waals surface area contributed by atoms with Gasteiger partial charge in [0.25, 0.3) is 0 Å². The molecule has 5 heteroatoms. The highest BCUT2D eigenvalue weighted by Crippen LogP contribution is 1.97. The van der Waals surface area contributed by atoms with E-state index >= 15 is 0 Å². The van der Waals surface area contributed by atoms with E-state index in [0.29, 0.717) is 6.54 Å². The van der Waals surface area contributed by atoms with Gasteiger partial charge in [-0.3, -0.25) is 14.9 Å². The molecule has 3 N–H and O–H groups in total. The number of amides is 2. The van der Waals surface area contributed by atoms with Crippen LogP contribution in [0.4, 0.5) is 0 Å². The molecule has 0 aromatic heterocycles. The lowest BCUT2D eigenvalue weighted by atomic mass is 10.1. The molecule has 0 saturated carbocycles. The molecule has 0 rings (SSSR count). The number of carbonyl (C=O) groups excluding carboxylic acids is 2. The Morgan fingerprint density at radius 1 is 0.947 bits per heavy atom. The van der Waals surface area contributed by atoms with E-state index in [4.69, 9.17) is 0 Å². The summed E-state index contributed by atoms with van der Waals surface area (Å²) in [4.78, 5) is 23.6. The Bertz CT molecular complexity index is 278. The Kier molecular flexibility index (Phi) is 9.21. The lowest BCUT2D eigenvalue weighted by Crippen LogP contribution is -2.52. The number of hydrogen-bond acceptors (Lipinski definition) is 3. The van der Waals surface area contributed by atoms with Crippen molar-refractivity contribution < 1.29 is 9.59 Å². The molecular weight excluding hydrogens is 242 g/mol. The van der Waals surface area contributed by atoms with Gasteiger partial charge in [0.2, 0.25) is 11.8 Å². The highest BCUT2D eigenvalue weighted by atomic mass is 16.2. The van der Waals surface area contributed by atoms with Gasteiger partial charge in [-0.1, -0.05) is 20.8 Å². The fraction of sp³-hybridized carbons (Fsp3) is 0.857. The van der Waals surface area contributed by atoms with Gasteiger partial charge in [0, 0.05) is 12.6 Å². The Balaban J connectivity index is 4.16. The zero-order valence-electron chi connectivity index (χ0n) is 12.9. The van der Waals surface area contributed by atoms with Crippen LogP contribution in [0.15, 0.2) is 0 Å². The van der Waals surface area contributed by atoms with Crippen LogP contribution in [-0.4, -0.2) is 36.5 Å². The normalized spacial score (nSPS) is 14.0.